The molecule has 9 nitrogen and oxygen atoms in total. The van der Waals surface area contributed by atoms with Crippen LogP contribution in [0, 0.1) is 6.92 Å². The minimum atomic E-state index is -3.75. The summed E-state index contributed by atoms with van der Waals surface area (Å²) in [6.07, 6.45) is 0. The summed E-state index contributed by atoms with van der Waals surface area (Å²) >= 11 is 5.76. The number of anilines is 1. The number of rotatable bonds is 1. The second kappa shape index (κ2) is 8.27. The van der Waals surface area contributed by atoms with Crippen LogP contribution in [0.1, 0.15) is 50.7 Å². The molecule has 0 aliphatic carbocycles. The number of carbonyl (C=O) groups is 1. The second-order valence-electron chi connectivity index (χ2n) is 8.03. The highest BCUT2D eigenvalue weighted by Crippen LogP contribution is 2.27. The Kier molecular flexibility index (Phi) is 6.53. The van der Waals surface area contributed by atoms with E-state index in [1.165, 1.54) is 0 Å². The molecule has 2 aromatic rings. The van der Waals surface area contributed by atoms with Gasteiger partial charge < -0.3 is 4.98 Å². The first-order valence-electron chi connectivity index (χ1n) is 9.16. The van der Waals surface area contributed by atoms with Crippen molar-refractivity contribution in [2.24, 2.45) is 0 Å². The van der Waals surface area contributed by atoms with Crippen LogP contribution >= 0.6 is 11.6 Å². The van der Waals surface area contributed by atoms with Crippen LogP contribution in [0.25, 0.3) is 0 Å². The van der Waals surface area contributed by atoms with Crippen LogP contribution in [0.3, 0.4) is 0 Å². The molecule has 2 N–H and O–H groups in total. The third-order valence-corrected chi connectivity index (χ3v) is 6.24. The average Bonchev–Trinajstić information content (AvgIpc) is 2.58. The second-order valence-corrected chi connectivity index (χ2v) is 9.95. The van der Waals surface area contributed by atoms with Crippen molar-refractivity contribution in [3.63, 3.8) is 0 Å². The van der Waals surface area contributed by atoms with Crippen LogP contribution in [-0.2, 0) is 15.7 Å². The maximum atomic E-state index is 12.0. The molecule has 0 radical (unpaired) electrons. The molecule has 0 fully saturated rings. The lowest BCUT2D eigenvalue weighted by atomic mass is 10.1. The molecule has 0 saturated heterocycles. The maximum Gasteiger partial charge on any atom is 0.329 e. The fourth-order valence-electron chi connectivity index (χ4n) is 2.92. The largest absolute Gasteiger partial charge is 0.329 e. The summed E-state index contributed by atoms with van der Waals surface area (Å²) in [5, 5.41) is 0.0690. The molecule has 30 heavy (non-hydrogen) atoms. The van der Waals surface area contributed by atoms with E-state index >= 15 is 0 Å². The Balaban J connectivity index is 0.000000216. The van der Waals surface area contributed by atoms with Gasteiger partial charge in [0.05, 0.1) is 11.3 Å². The number of nitrogens with zero attached hydrogens (tertiary/aromatic N) is 2. The number of hydrogen-bond acceptors (Lipinski definition) is 5. The Morgan fingerprint density at radius 1 is 1.07 bits per heavy atom. The van der Waals surface area contributed by atoms with Gasteiger partial charge in [-0.3, -0.25) is 18.9 Å². The molecule has 0 spiro atoms. The molecule has 1 amide bonds. The van der Waals surface area contributed by atoms with Gasteiger partial charge in [0, 0.05) is 17.3 Å². The number of para-hydroxylation sites is 1. The van der Waals surface area contributed by atoms with Gasteiger partial charge in [-0.05, 0) is 53.7 Å². The van der Waals surface area contributed by atoms with Crippen molar-refractivity contribution in [3.8, 4) is 0 Å². The predicted octanol–water partition coefficient (Wildman–Crippen LogP) is 2.46. The quantitative estimate of drug-likeness (QED) is 0.682. The van der Waals surface area contributed by atoms with E-state index in [1.54, 1.807) is 65.8 Å². The van der Waals surface area contributed by atoms with Gasteiger partial charge in [-0.15, -0.1) is 0 Å². The number of hydrogen-bond donors (Lipinski definition) is 2. The summed E-state index contributed by atoms with van der Waals surface area (Å²) in [6, 6.07) is 6.16. The van der Waals surface area contributed by atoms with Gasteiger partial charge in [-0.1, -0.05) is 23.7 Å². The molecule has 2 heterocycles. The number of aryl methyl sites for hydroxylation is 1. The topological polar surface area (TPSA) is 121 Å². The smallest absolute Gasteiger partial charge is 0.310 e. The SMILES string of the molecule is CC(C)N1C(=O)c2ccccc2NS1(=O)=O.Cc1[nH]c(=O)n(C(C)(C)C)c(=O)c1Cl. The van der Waals surface area contributed by atoms with Crippen LogP contribution in [0.15, 0.2) is 33.9 Å². The van der Waals surface area contributed by atoms with Crippen molar-refractivity contribution >= 4 is 33.4 Å². The normalized spacial score (nSPS) is 15.2. The predicted molar refractivity (Wildman–Crippen MR) is 116 cm³/mol. The Hall–Kier alpha value is -2.59. The van der Waals surface area contributed by atoms with Crippen LogP contribution in [0.2, 0.25) is 5.02 Å². The summed E-state index contributed by atoms with van der Waals surface area (Å²) in [6.45, 7) is 10.2. The first-order chi connectivity index (χ1) is 13.7. The van der Waals surface area contributed by atoms with Crippen LogP contribution in [0.5, 0.6) is 0 Å². The molecular formula is C19H25ClN4O5S. The number of halogens is 1. The number of benzene rings is 1. The van der Waals surface area contributed by atoms with Gasteiger partial charge in [-0.25, -0.2) is 9.10 Å². The lowest BCUT2D eigenvalue weighted by Gasteiger charge is -2.31. The molecule has 1 aromatic heterocycles. The summed E-state index contributed by atoms with van der Waals surface area (Å²) in [5.74, 6) is -0.482. The molecule has 11 heteroatoms. The molecular weight excluding hydrogens is 432 g/mol. The monoisotopic (exact) mass is 456 g/mol. The van der Waals surface area contributed by atoms with Gasteiger partial charge >= 0.3 is 15.9 Å². The van der Waals surface area contributed by atoms with E-state index in [9.17, 15) is 22.8 Å². The number of aromatic nitrogens is 2. The van der Waals surface area contributed by atoms with Gasteiger partial charge in [-0.2, -0.15) is 8.42 Å². The average molecular weight is 457 g/mol. The molecule has 0 saturated carbocycles. The fourth-order valence-corrected chi connectivity index (χ4v) is 4.48. The maximum absolute atomic E-state index is 12.0. The van der Waals surface area contributed by atoms with Crippen molar-refractivity contribution < 1.29 is 13.2 Å². The molecule has 1 aromatic carbocycles. The van der Waals surface area contributed by atoms with E-state index in [0.717, 1.165) is 8.87 Å². The first-order valence-corrected chi connectivity index (χ1v) is 11.0. The first kappa shape index (κ1) is 23.7. The van der Waals surface area contributed by atoms with Crippen molar-refractivity contribution in [3.05, 3.63) is 61.4 Å². The van der Waals surface area contributed by atoms with Gasteiger partial charge in [0.25, 0.3) is 11.5 Å². The van der Waals surface area contributed by atoms with Crippen LogP contribution in [0.4, 0.5) is 5.69 Å². The van der Waals surface area contributed by atoms with Gasteiger partial charge in [0.15, 0.2) is 0 Å². The zero-order valence-electron chi connectivity index (χ0n) is 17.6. The van der Waals surface area contributed by atoms with Crippen molar-refractivity contribution in [1.29, 1.82) is 0 Å². The highest BCUT2D eigenvalue weighted by molar-refractivity contribution is 7.91. The number of carbonyl (C=O) groups excluding carboxylic acids is 1. The number of amides is 1. The van der Waals surface area contributed by atoms with E-state index < -0.39 is 38.9 Å². The minimum absolute atomic E-state index is 0.0690. The van der Waals surface area contributed by atoms with Crippen molar-refractivity contribution in [1.82, 2.24) is 13.9 Å². The summed E-state index contributed by atoms with van der Waals surface area (Å²) in [5.41, 5.74) is -0.315. The standard InChI is InChI=1S/C10H12N2O3S.C9H13ClN2O2/c1-7(2)12-10(13)8-5-3-4-6-9(8)11-16(12,14)15;1-5-6(10)7(13)12(8(14)11-5)9(2,3)4/h3-7,11H,1-2H3;1-4H3,(H,11,14). The lowest BCUT2D eigenvalue weighted by Crippen LogP contribution is -2.48. The van der Waals surface area contributed by atoms with E-state index in [-0.39, 0.29) is 5.02 Å². The van der Waals surface area contributed by atoms with E-state index in [0.29, 0.717) is 16.9 Å². The number of fused-ring (bicyclic) bond motifs is 1. The van der Waals surface area contributed by atoms with Crippen molar-refractivity contribution in [2.75, 3.05) is 4.72 Å². The minimum Gasteiger partial charge on any atom is -0.310 e. The summed E-state index contributed by atoms with van der Waals surface area (Å²) in [7, 11) is -3.75. The van der Waals surface area contributed by atoms with Crippen molar-refractivity contribution in [2.45, 2.75) is 53.1 Å². The Labute approximate surface area is 179 Å². The number of aromatic amines is 1. The molecule has 164 valence electrons. The molecule has 3 rings (SSSR count). The summed E-state index contributed by atoms with van der Waals surface area (Å²) < 4.78 is 27.9. The highest BCUT2D eigenvalue weighted by Gasteiger charge is 2.36. The molecule has 1 aliphatic heterocycles. The summed E-state index contributed by atoms with van der Waals surface area (Å²) in [4.78, 5) is 37.7. The Bertz CT molecular complexity index is 1190. The zero-order chi connectivity index (χ0) is 23.0. The van der Waals surface area contributed by atoms with Crippen LogP contribution in [-0.4, -0.2) is 34.2 Å². The number of nitrogens with one attached hydrogen (secondary N) is 2. The molecule has 0 atom stereocenters. The van der Waals surface area contributed by atoms with Gasteiger partial charge in [0.1, 0.15) is 5.02 Å². The lowest BCUT2D eigenvalue weighted by molar-refractivity contribution is 0.0834. The Morgan fingerprint density at radius 3 is 2.17 bits per heavy atom. The third-order valence-electron chi connectivity index (χ3n) is 4.21. The highest BCUT2D eigenvalue weighted by atomic mass is 35.5. The zero-order valence-corrected chi connectivity index (χ0v) is 19.2. The van der Waals surface area contributed by atoms with E-state index in [4.69, 9.17) is 11.6 Å². The fraction of sp³-hybridized carbons (Fsp3) is 0.421. The third kappa shape index (κ3) is 4.59. The molecule has 1 aliphatic rings. The Morgan fingerprint density at radius 2 is 1.63 bits per heavy atom. The molecule has 0 bridgehead atoms. The molecule has 0 unspecified atom stereocenters. The number of H-pyrrole nitrogens is 1. The van der Waals surface area contributed by atoms with E-state index in [1.807, 2.05) is 0 Å². The van der Waals surface area contributed by atoms with Gasteiger partial charge in [0.2, 0.25) is 0 Å². The van der Waals surface area contributed by atoms with E-state index in [2.05, 4.69) is 9.71 Å². The van der Waals surface area contributed by atoms with Crippen LogP contribution < -0.4 is 16.0 Å².